The number of rotatable bonds is 6. The first-order valence-corrected chi connectivity index (χ1v) is 10.4. The first kappa shape index (κ1) is 23.7. The summed E-state index contributed by atoms with van der Waals surface area (Å²) >= 11 is 0. The van der Waals surface area contributed by atoms with Crippen LogP contribution >= 0.6 is 24.0 Å². The number of anilines is 1. The van der Waals surface area contributed by atoms with E-state index in [0.717, 1.165) is 75.9 Å². The molecule has 3 rings (SSSR count). The Balaban J connectivity index is 0.00000300. The number of hydrogen-bond donors (Lipinski definition) is 2. The molecule has 0 radical (unpaired) electrons. The third kappa shape index (κ3) is 7.33. The van der Waals surface area contributed by atoms with Crippen LogP contribution in [0.3, 0.4) is 0 Å². The second-order valence-corrected chi connectivity index (χ2v) is 7.60. The molecular formula is C21H34IN5O2. The van der Waals surface area contributed by atoms with Gasteiger partial charge in [0.2, 0.25) is 0 Å². The van der Waals surface area contributed by atoms with E-state index in [1.54, 1.807) is 0 Å². The molecule has 8 heteroatoms. The molecule has 0 saturated carbocycles. The van der Waals surface area contributed by atoms with Gasteiger partial charge in [-0.05, 0) is 43.9 Å². The monoisotopic (exact) mass is 515 g/mol. The predicted octanol–water partition coefficient (Wildman–Crippen LogP) is 3.37. The van der Waals surface area contributed by atoms with Gasteiger partial charge < -0.3 is 25.2 Å². The Hall–Kier alpha value is -1.55. The van der Waals surface area contributed by atoms with Crippen LogP contribution in [0.2, 0.25) is 0 Å². The Labute approximate surface area is 191 Å². The van der Waals surface area contributed by atoms with Gasteiger partial charge in [-0.1, -0.05) is 12.1 Å². The number of carbonyl (C=O) groups is 1. The van der Waals surface area contributed by atoms with Gasteiger partial charge in [0.1, 0.15) is 0 Å². The molecule has 2 aliphatic heterocycles. The number of carbonyl (C=O) groups excluding carboxylic acids is 1. The van der Waals surface area contributed by atoms with Gasteiger partial charge in [0.25, 0.3) is 0 Å². The molecule has 7 nitrogen and oxygen atoms in total. The fourth-order valence-electron chi connectivity index (χ4n) is 3.71. The second kappa shape index (κ2) is 12.2. The van der Waals surface area contributed by atoms with Crippen molar-refractivity contribution in [2.24, 2.45) is 10.9 Å². The van der Waals surface area contributed by atoms with Crippen molar-refractivity contribution in [3.8, 4) is 0 Å². The summed E-state index contributed by atoms with van der Waals surface area (Å²) in [6.45, 7) is 7.82. The number of amides is 2. The number of guanidine groups is 1. The predicted molar refractivity (Wildman–Crippen MR) is 128 cm³/mol. The molecule has 2 N–H and O–H groups in total. The standard InChI is InChI=1S/C21H33N5O2.HI/c1-3-22-20(25(2)15-18-9-12-28-16-18)23-14-17-7-6-8-19(13-17)24-21(27)26-10-4-5-11-26;/h6-8,13,18H,3-5,9-12,14-16H2,1-2H3,(H,22,23)(H,24,27);1H. The summed E-state index contributed by atoms with van der Waals surface area (Å²) in [6.07, 6.45) is 3.30. The van der Waals surface area contributed by atoms with E-state index in [1.807, 2.05) is 29.2 Å². The third-order valence-electron chi connectivity index (χ3n) is 5.24. The van der Waals surface area contributed by atoms with Crippen LogP contribution in [-0.4, -0.2) is 68.2 Å². The molecular weight excluding hydrogens is 481 g/mol. The molecule has 2 fully saturated rings. The summed E-state index contributed by atoms with van der Waals surface area (Å²) in [5.41, 5.74) is 1.90. The Morgan fingerprint density at radius 1 is 1.34 bits per heavy atom. The normalized spacial score (nSPS) is 19.0. The van der Waals surface area contributed by atoms with Crippen molar-refractivity contribution in [1.82, 2.24) is 15.1 Å². The average Bonchev–Trinajstić information content (AvgIpc) is 3.39. The summed E-state index contributed by atoms with van der Waals surface area (Å²) < 4.78 is 5.48. The smallest absolute Gasteiger partial charge is 0.321 e. The van der Waals surface area contributed by atoms with Crippen LogP contribution in [0.5, 0.6) is 0 Å². The van der Waals surface area contributed by atoms with E-state index in [9.17, 15) is 4.79 Å². The summed E-state index contributed by atoms with van der Waals surface area (Å²) in [5.74, 6) is 1.47. The van der Waals surface area contributed by atoms with Gasteiger partial charge in [-0.25, -0.2) is 9.79 Å². The molecule has 29 heavy (non-hydrogen) atoms. The minimum absolute atomic E-state index is 0. The second-order valence-electron chi connectivity index (χ2n) is 7.60. The van der Waals surface area contributed by atoms with E-state index in [0.29, 0.717) is 12.5 Å². The maximum atomic E-state index is 12.3. The zero-order chi connectivity index (χ0) is 19.8. The molecule has 2 heterocycles. The number of urea groups is 1. The molecule has 0 aliphatic carbocycles. The number of aliphatic imine (C=N–C) groups is 1. The maximum Gasteiger partial charge on any atom is 0.321 e. The molecule has 0 aromatic heterocycles. The highest BCUT2D eigenvalue weighted by atomic mass is 127. The highest BCUT2D eigenvalue weighted by Crippen LogP contribution is 2.16. The average molecular weight is 515 g/mol. The van der Waals surface area contributed by atoms with Gasteiger partial charge in [0.05, 0.1) is 13.2 Å². The lowest BCUT2D eigenvalue weighted by Crippen LogP contribution is -2.41. The summed E-state index contributed by atoms with van der Waals surface area (Å²) in [4.78, 5) is 21.1. The Morgan fingerprint density at radius 3 is 2.83 bits per heavy atom. The molecule has 0 bridgehead atoms. The van der Waals surface area contributed by atoms with Crippen molar-refractivity contribution < 1.29 is 9.53 Å². The van der Waals surface area contributed by atoms with E-state index in [4.69, 9.17) is 9.73 Å². The Kier molecular flexibility index (Phi) is 9.99. The molecule has 1 aromatic rings. The fraction of sp³-hybridized carbons (Fsp3) is 0.619. The molecule has 162 valence electrons. The fourth-order valence-corrected chi connectivity index (χ4v) is 3.71. The number of halogens is 1. The molecule has 2 saturated heterocycles. The van der Waals surface area contributed by atoms with Crippen LogP contribution < -0.4 is 10.6 Å². The first-order chi connectivity index (χ1) is 13.7. The Bertz CT molecular complexity index is 673. The molecule has 0 spiro atoms. The van der Waals surface area contributed by atoms with E-state index in [-0.39, 0.29) is 30.0 Å². The van der Waals surface area contributed by atoms with Crippen LogP contribution in [0.4, 0.5) is 10.5 Å². The van der Waals surface area contributed by atoms with Crippen LogP contribution in [-0.2, 0) is 11.3 Å². The van der Waals surface area contributed by atoms with Gasteiger partial charge in [0.15, 0.2) is 5.96 Å². The number of likely N-dealkylation sites (tertiary alicyclic amines) is 1. The SMILES string of the molecule is CCNC(=NCc1cccc(NC(=O)N2CCCC2)c1)N(C)CC1CCOC1.I. The van der Waals surface area contributed by atoms with E-state index in [2.05, 4.69) is 29.5 Å². The minimum atomic E-state index is -0.00925. The van der Waals surface area contributed by atoms with Gasteiger partial charge in [0, 0.05) is 51.4 Å². The summed E-state index contributed by atoms with van der Waals surface area (Å²) in [5, 5.41) is 6.38. The molecule has 1 unspecified atom stereocenters. The van der Waals surface area contributed by atoms with Gasteiger partial charge in [-0.15, -0.1) is 24.0 Å². The van der Waals surface area contributed by atoms with Crippen molar-refractivity contribution in [3.05, 3.63) is 29.8 Å². The van der Waals surface area contributed by atoms with Crippen molar-refractivity contribution in [2.75, 3.05) is 51.8 Å². The highest BCUT2D eigenvalue weighted by Gasteiger charge is 2.19. The van der Waals surface area contributed by atoms with Crippen LogP contribution in [0, 0.1) is 5.92 Å². The molecule has 1 aromatic carbocycles. The number of benzene rings is 1. The zero-order valence-corrected chi connectivity index (χ0v) is 19.9. The first-order valence-electron chi connectivity index (χ1n) is 10.4. The van der Waals surface area contributed by atoms with Crippen molar-refractivity contribution in [2.45, 2.75) is 32.7 Å². The van der Waals surface area contributed by atoms with Crippen LogP contribution in [0.25, 0.3) is 0 Å². The number of nitrogens with one attached hydrogen (secondary N) is 2. The lowest BCUT2D eigenvalue weighted by atomic mass is 10.1. The summed E-state index contributed by atoms with van der Waals surface area (Å²) in [6, 6.07) is 7.94. The Morgan fingerprint density at radius 2 is 2.14 bits per heavy atom. The van der Waals surface area contributed by atoms with Crippen LogP contribution in [0.1, 0.15) is 31.7 Å². The van der Waals surface area contributed by atoms with E-state index < -0.39 is 0 Å². The van der Waals surface area contributed by atoms with Crippen LogP contribution in [0.15, 0.2) is 29.3 Å². The summed E-state index contributed by atoms with van der Waals surface area (Å²) in [7, 11) is 2.08. The largest absolute Gasteiger partial charge is 0.381 e. The lowest BCUT2D eigenvalue weighted by Gasteiger charge is -2.24. The number of ether oxygens (including phenoxy) is 1. The van der Waals surface area contributed by atoms with Crippen molar-refractivity contribution >= 4 is 41.7 Å². The quantitative estimate of drug-likeness (QED) is 0.347. The minimum Gasteiger partial charge on any atom is -0.381 e. The zero-order valence-electron chi connectivity index (χ0n) is 17.5. The van der Waals surface area contributed by atoms with Gasteiger partial charge >= 0.3 is 6.03 Å². The number of hydrogen-bond acceptors (Lipinski definition) is 3. The lowest BCUT2D eigenvalue weighted by molar-refractivity contribution is 0.181. The third-order valence-corrected chi connectivity index (χ3v) is 5.24. The van der Waals surface area contributed by atoms with Gasteiger partial charge in [-0.3, -0.25) is 0 Å². The van der Waals surface area contributed by atoms with Crippen molar-refractivity contribution in [1.29, 1.82) is 0 Å². The molecule has 1 atom stereocenters. The van der Waals surface area contributed by atoms with Gasteiger partial charge in [-0.2, -0.15) is 0 Å². The highest BCUT2D eigenvalue weighted by molar-refractivity contribution is 14.0. The molecule has 2 aliphatic rings. The topological polar surface area (TPSA) is 69.2 Å². The van der Waals surface area contributed by atoms with E-state index >= 15 is 0 Å². The van der Waals surface area contributed by atoms with Crippen molar-refractivity contribution in [3.63, 3.8) is 0 Å². The van der Waals surface area contributed by atoms with E-state index in [1.165, 1.54) is 0 Å². The molecule has 2 amide bonds. The maximum absolute atomic E-state index is 12.3. The number of nitrogens with zero attached hydrogens (tertiary/aromatic N) is 3.